The molecule has 0 bridgehead atoms. The van der Waals surface area contributed by atoms with E-state index < -0.39 is 10.0 Å². The quantitative estimate of drug-likeness (QED) is 0.753. The topological polar surface area (TPSA) is 75.4 Å². The lowest BCUT2D eigenvalue weighted by atomic mass is 10.3. The summed E-state index contributed by atoms with van der Waals surface area (Å²) < 4.78 is 26.6. The molecule has 17 heavy (non-hydrogen) atoms. The van der Waals surface area contributed by atoms with E-state index in [1.165, 1.54) is 12.1 Å². The van der Waals surface area contributed by atoms with Crippen LogP contribution in [0.4, 0.5) is 5.69 Å². The summed E-state index contributed by atoms with van der Waals surface area (Å²) >= 11 is 0. The average molecular weight is 257 g/mol. The van der Waals surface area contributed by atoms with Crippen molar-refractivity contribution in [2.75, 3.05) is 26.4 Å². The van der Waals surface area contributed by atoms with Crippen molar-refractivity contribution < 1.29 is 8.42 Å². The zero-order valence-corrected chi connectivity index (χ0v) is 11.2. The Morgan fingerprint density at radius 1 is 1.41 bits per heavy atom. The molecule has 0 aliphatic carbocycles. The van der Waals surface area contributed by atoms with Gasteiger partial charge in [0, 0.05) is 18.3 Å². The number of nitrogens with zero attached hydrogens (tertiary/aromatic N) is 1. The second-order valence-electron chi connectivity index (χ2n) is 4.36. The van der Waals surface area contributed by atoms with Crippen molar-refractivity contribution in [2.45, 2.75) is 17.9 Å². The molecule has 0 spiro atoms. The van der Waals surface area contributed by atoms with Crippen molar-refractivity contribution in [1.29, 1.82) is 0 Å². The van der Waals surface area contributed by atoms with Gasteiger partial charge in [-0.05, 0) is 39.2 Å². The number of hydrogen-bond donors (Lipinski definition) is 2. The first-order chi connectivity index (χ1) is 7.81. The molecule has 0 aliphatic rings. The number of likely N-dealkylation sites (N-methyl/N-ethyl adjacent to an activating group) is 1. The van der Waals surface area contributed by atoms with Crippen LogP contribution in [-0.4, -0.2) is 40.0 Å². The molecule has 0 fully saturated rings. The fraction of sp³-hybridized carbons (Fsp3) is 0.455. The Balaban J connectivity index is 2.82. The summed E-state index contributed by atoms with van der Waals surface area (Å²) in [7, 11) is 0.304. The Morgan fingerprint density at radius 3 is 2.59 bits per heavy atom. The number of anilines is 1. The summed E-state index contributed by atoms with van der Waals surface area (Å²) in [6, 6.07) is 6.10. The number of nitrogens with two attached hydrogens (primary N) is 1. The van der Waals surface area contributed by atoms with E-state index in [4.69, 9.17) is 5.73 Å². The molecular weight excluding hydrogens is 238 g/mol. The monoisotopic (exact) mass is 257 g/mol. The summed E-state index contributed by atoms with van der Waals surface area (Å²) in [6.45, 7) is 2.46. The molecule has 0 aliphatic heterocycles. The van der Waals surface area contributed by atoms with Crippen LogP contribution >= 0.6 is 0 Å². The first-order valence-corrected chi connectivity index (χ1v) is 6.82. The number of benzene rings is 1. The van der Waals surface area contributed by atoms with Crippen molar-refractivity contribution in [1.82, 2.24) is 9.62 Å². The smallest absolute Gasteiger partial charge is 0.240 e. The van der Waals surface area contributed by atoms with E-state index in [2.05, 4.69) is 4.72 Å². The lowest BCUT2D eigenvalue weighted by Gasteiger charge is -2.18. The van der Waals surface area contributed by atoms with E-state index in [1.54, 1.807) is 12.1 Å². The lowest BCUT2D eigenvalue weighted by molar-refractivity contribution is 0.370. The molecule has 1 atom stereocenters. The normalized spacial score (nSPS) is 13.9. The molecule has 0 saturated carbocycles. The lowest BCUT2D eigenvalue weighted by Crippen LogP contribution is -2.39. The number of sulfonamides is 1. The van der Waals surface area contributed by atoms with Crippen LogP contribution in [0.1, 0.15) is 6.92 Å². The van der Waals surface area contributed by atoms with Gasteiger partial charge >= 0.3 is 0 Å². The molecule has 1 aromatic rings. The fourth-order valence-electron chi connectivity index (χ4n) is 1.60. The van der Waals surface area contributed by atoms with Gasteiger partial charge in [-0.2, -0.15) is 0 Å². The predicted octanol–water partition coefficient (Wildman–Crippen LogP) is 0.497. The van der Waals surface area contributed by atoms with E-state index in [-0.39, 0.29) is 10.9 Å². The Labute approximate surface area is 103 Å². The van der Waals surface area contributed by atoms with Crippen molar-refractivity contribution in [3.63, 3.8) is 0 Å². The molecule has 0 saturated heterocycles. The van der Waals surface area contributed by atoms with Crippen LogP contribution in [0.15, 0.2) is 29.2 Å². The van der Waals surface area contributed by atoms with Crippen LogP contribution < -0.4 is 10.5 Å². The highest BCUT2D eigenvalue weighted by atomic mass is 32.2. The molecule has 0 radical (unpaired) electrons. The van der Waals surface area contributed by atoms with E-state index in [0.29, 0.717) is 12.2 Å². The molecule has 1 unspecified atom stereocenters. The zero-order chi connectivity index (χ0) is 13.1. The largest absolute Gasteiger partial charge is 0.399 e. The number of rotatable bonds is 5. The first-order valence-electron chi connectivity index (χ1n) is 5.34. The van der Waals surface area contributed by atoms with Gasteiger partial charge in [-0.1, -0.05) is 6.07 Å². The van der Waals surface area contributed by atoms with E-state index in [9.17, 15) is 8.42 Å². The van der Waals surface area contributed by atoms with Crippen molar-refractivity contribution in [2.24, 2.45) is 0 Å². The SMILES string of the molecule is CC(CN(C)C)NS(=O)(=O)c1cccc(N)c1. The highest BCUT2D eigenvalue weighted by molar-refractivity contribution is 7.89. The Bertz CT molecular complexity index is 471. The minimum atomic E-state index is -3.48. The summed E-state index contributed by atoms with van der Waals surface area (Å²) in [6.07, 6.45) is 0. The number of nitrogen functional groups attached to an aromatic ring is 1. The molecule has 1 aromatic carbocycles. The summed E-state index contributed by atoms with van der Waals surface area (Å²) in [5.74, 6) is 0. The van der Waals surface area contributed by atoms with Crippen LogP contribution in [-0.2, 0) is 10.0 Å². The average Bonchev–Trinajstić information content (AvgIpc) is 2.15. The maximum Gasteiger partial charge on any atom is 0.240 e. The highest BCUT2D eigenvalue weighted by Gasteiger charge is 2.17. The molecule has 3 N–H and O–H groups in total. The molecule has 5 nitrogen and oxygen atoms in total. The van der Waals surface area contributed by atoms with Crippen LogP contribution in [0.3, 0.4) is 0 Å². The molecule has 0 aromatic heterocycles. The zero-order valence-electron chi connectivity index (χ0n) is 10.3. The predicted molar refractivity (Wildman–Crippen MR) is 69.2 cm³/mol. The van der Waals surface area contributed by atoms with E-state index in [0.717, 1.165) is 0 Å². The highest BCUT2D eigenvalue weighted by Crippen LogP contribution is 2.12. The van der Waals surface area contributed by atoms with Gasteiger partial charge in [-0.15, -0.1) is 0 Å². The second kappa shape index (κ2) is 5.48. The van der Waals surface area contributed by atoms with Gasteiger partial charge in [0.1, 0.15) is 0 Å². The maximum absolute atomic E-state index is 12.0. The van der Waals surface area contributed by atoms with E-state index >= 15 is 0 Å². The number of hydrogen-bond acceptors (Lipinski definition) is 4. The van der Waals surface area contributed by atoms with Crippen LogP contribution in [0.5, 0.6) is 0 Å². The van der Waals surface area contributed by atoms with Crippen LogP contribution in [0, 0.1) is 0 Å². The van der Waals surface area contributed by atoms with Gasteiger partial charge in [0.05, 0.1) is 4.90 Å². The Kier molecular flexibility index (Phi) is 4.50. The van der Waals surface area contributed by atoms with Crippen molar-refractivity contribution in [3.8, 4) is 0 Å². The third-order valence-electron chi connectivity index (χ3n) is 2.16. The maximum atomic E-state index is 12.0. The van der Waals surface area contributed by atoms with Crippen LogP contribution in [0.2, 0.25) is 0 Å². The second-order valence-corrected chi connectivity index (χ2v) is 6.07. The number of nitrogens with one attached hydrogen (secondary N) is 1. The third-order valence-corrected chi connectivity index (χ3v) is 3.75. The summed E-state index contributed by atoms with van der Waals surface area (Å²) in [5, 5.41) is 0. The van der Waals surface area contributed by atoms with Crippen molar-refractivity contribution >= 4 is 15.7 Å². The molecule has 0 amide bonds. The van der Waals surface area contributed by atoms with Gasteiger partial charge in [0.2, 0.25) is 10.0 Å². The van der Waals surface area contributed by atoms with E-state index in [1.807, 2.05) is 25.9 Å². The van der Waals surface area contributed by atoms with Gasteiger partial charge in [-0.3, -0.25) is 0 Å². The standard InChI is InChI=1S/C11H19N3O2S/c1-9(8-14(2)3)13-17(15,16)11-6-4-5-10(12)7-11/h4-7,9,13H,8,12H2,1-3H3. The van der Waals surface area contributed by atoms with Gasteiger partial charge in [0.15, 0.2) is 0 Å². The Hall–Kier alpha value is -1.11. The molecular formula is C11H19N3O2S. The molecule has 96 valence electrons. The summed E-state index contributed by atoms with van der Waals surface area (Å²) in [5.41, 5.74) is 6.00. The molecule has 0 heterocycles. The first kappa shape index (κ1) is 14.0. The summed E-state index contributed by atoms with van der Waals surface area (Å²) in [4.78, 5) is 2.12. The minimum absolute atomic E-state index is 0.156. The molecule has 1 rings (SSSR count). The van der Waals surface area contributed by atoms with Crippen LogP contribution in [0.25, 0.3) is 0 Å². The van der Waals surface area contributed by atoms with Gasteiger partial charge in [-0.25, -0.2) is 13.1 Å². The minimum Gasteiger partial charge on any atom is -0.399 e. The third kappa shape index (κ3) is 4.33. The fourth-order valence-corrected chi connectivity index (χ4v) is 2.89. The van der Waals surface area contributed by atoms with Gasteiger partial charge in [0.25, 0.3) is 0 Å². The Morgan fingerprint density at radius 2 is 2.06 bits per heavy atom. The van der Waals surface area contributed by atoms with Gasteiger partial charge < -0.3 is 10.6 Å². The molecule has 6 heteroatoms. The van der Waals surface area contributed by atoms with Crippen molar-refractivity contribution in [3.05, 3.63) is 24.3 Å².